The van der Waals surface area contributed by atoms with E-state index in [1.54, 1.807) is 0 Å². The van der Waals surface area contributed by atoms with E-state index >= 15 is 0 Å². The van der Waals surface area contributed by atoms with Crippen LogP contribution in [-0.4, -0.2) is 23.9 Å². The molecule has 1 unspecified atom stereocenters. The molecule has 0 amide bonds. The van der Waals surface area contributed by atoms with Gasteiger partial charge in [0.05, 0.1) is 0 Å². The second kappa shape index (κ2) is 5.70. The fraction of sp³-hybridized carbons (Fsp3) is 0.571. The van der Waals surface area contributed by atoms with Crippen LogP contribution in [-0.2, 0) is 0 Å². The van der Waals surface area contributed by atoms with Gasteiger partial charge in [0.1, 0.15) is 0 Å². The van der Waals surface area contributed by atoms with E-state index < -0.39 is 0 Å². The Kier molecular flexibility index (Phi) is 4.25. The van der Waals surface area contributed by atoms with E-state index in [2.05, 4.69) is 42.2 Å². The maximum Gasteiger partial charge on any atom is 0.0483 e. The number of nitrogens with zero attached hydrogens (tertiary/aromatic N) is 1. The van der Waals surface area contributed by atoms with Gasteiger partial charge in [-0.15, -0.1) is 11.6 Å². The van der Waals surface area contributed by atoms with Crippen LogP contribution in [0.5, 0.6) is 0 Å². The van der Waals surface area contributed by atoms with Crippen LogP contribution in [0.3, 0.4) is 0 Å². The fourth-order valence-corrected chi connectivity index (χ4v) is 2.79. The predicted octanol–water partition coefficient (Wildman–Crippen LogP) is 3.70. The molecule has 2 heteroatoms. The largest absolute Gasteiger partial charge is 0.295 e. The highest BCUT2D eigenvalue weighted by Gasteiger charge is 2.23. The number of halogens is 1. The second-order valence-corrected chi connectivity index (χ2v) is 5.11. The summed E-state index contributed by atoms with van der Waals surface area (Å²) >= 11 is 6.13. The highest BCUT2D eigenvalue weighted by molar-refractivity contribution is 6.18. The van der Waals surface area contributed by atoms with Crippen LogP contribution >= 0.6 is 11.6 Å². The standard InChI is InChI=1S/C14H20ClN/c1-12-7-9-16(10-8-12)14(11-15)13-5-3-2-4-6-13/h2-6,12,14H,7-11H2,1H3. The first kappa shape index (κ1) is 11.9. The minimum atomic E-state index is 0.398. The molecule has 1 nitrogen and oxygen atoms in total. The molecule has 0 radical (unpaired) electrons. The van der Waals surface area contributed by atoms with E-state index in [1.807, 2.05) is 0 Å². The molecule has 0 N–H and O–H groups in total. The molecule has 0 aliphatic carbocycles. The van der Waals surface area contributed by atoms with Gasteiger partial charge in [0.25, 0.3) is 0 Å². The second-order valence-electron chi connectivity index (χ2n) is 4.80. The zero-order valence-corrected chi connectivity index (χ0v) is 10.7. The molecular weight excluding hydrogens is 218 g/mol. The molecule has 1 atom stereocenters. The Hall–Kier alpha value is -0.530. The smallest absolute Gasteiger partial charge is 0.0483 e. The van der Waals surface area contributed by atoms with Gasteiger partial charge in [-0.3, -0.25) is 4.90 Å². The van der Waals surface area contributed by atoms with Crippen molar-refractivity contribution in [1.82, 2.24) is 4.90 Å². The molecule has 2 rings (SSSR count). The molecule has 1 heterocycles. The van der Waals surface area contributed by atoms with Crippen LogP contribution in [0.2, 0.25) is 0 Å². The van der Waals surface area contributed by atoms with Crippen molar-refractivity contribution in [2.45, 2.75) is 25.8 Å². The monoisotopic (exact) mass is 237 g/mol. The fourth-order valence-electron chi connectivity index (χ4n) is 2.41. The maximum absolute atomic E-state index is 6.13. The van der Waals surface area contributed by atoms with Gasteiger partial charge in [-0.25, -0.2) is 0 Å². The van der Waals surface area contributed by atoms with E-state index in [4.69, 9.17) is 11.6 Å². The first-order valence-corrected chi connectivity index (χ1v) is 6.69. The molecule has 0 spiro atoms. The van der Waals surface area contributed by atoms with Crippen molar-refractivity contribution < 1.29 is 0 Å². The van der Waals surface area contributed by atoms with Crippen LogP contribution in [0.4, 0.5) is 0 Å². The lowest BCUT2D eigenvalue weighted by Gasteiger charge is -2.36. The lowest BCUT2D eigenvalue weighted by molar-refractivity contribution is 0.149. The lowest BCUT2D eigenvalue weighted by Crippen LogP contribution is -2.36. The van der Waals surface area contributed by atoms with Gasteiger partial charge in [-0.1, -0.05) is 37.3 Å². The number of alkyl halides is 1. The van der Waals surface area contributed by atoms with Crippen molar-refractivity contribution in [3.05, 3.63) is 35.9 Å². The molecule has 0 aromatic heterocycles. The van der Waals surface area contributed by atoms with Crippen LogP contribution in [0.15, 0.2) is 30.3 Å². The Morgan fingerprint density at radius 2 is 1.88 bits per heavy atom. The Labute approximate surface area is 103 Å². The summed E-state index contributed by atoms with van der Waals surface area (Å²) in [6.45, 7) is 4.72. The summed E-state index contributed by atoms with van der Waals surface area (Å²) < 4.78 is 0. The maximum atomic E-state index is 6.13. The molecule has 1 aromatic rings. The minimum absolute atomic E-state index is 0.398. The number of benzene rings is 1. The summed E-state index contributed by atoms with van der Waals surface area (Å²) in [5, 5.41) is 0. The number of rotatable bonds is 3. The molecule has 88 valence electrons. The van der Waals surface area contributed by atoms with Gasteiger partial charge in [-0.2, -0.15) is 0 Å². The molecule has 1 aliphatic heterocycles. The van der Waals surface area contributed by atoms with Crippen LogP contribution in [0, 0.1) is 5.92 Å². The number of likely N-dealkylation sites (tertiary alicyclic amines) is 1. The summed E-state index contributed by atoms with van der Waals surface area (Å²) in [7, 11) is 0. The van der Waals surface area contributed by atoms with Gasteiger partial charge in [-0.05, 0) is 37.4 Å². The van der Waals surface area contributed by atoms with Crippen molar-refractivity contribution in [2.24, 2.45) is 5.92 Å². The third-order valence-corrected chi connectivity index (χ3v) is 3.88. The van der Waals surface area contributed by atoms with Gasteiger partial charge >= 0.3 is 0 Å². The van der Waals surface area contributed by atoms with Crippen LogP contribution in [0.1, 0.15) is 31.4 Å². The van der Waals surface area contributed by atoms with Crippen LogP contribution in [0.25, 0.3) is 0 Å². The summed E-state index contributed by atoms with van der Waals surface area (Å²) in [6.07, 6.45) is 2.61. The van der Waals surface area contributed by atoms with E-state index in [-0.39, 0.29) is 0 Å². The lowest BCUT2D eigenvalue weighted by atomic mass is 9.96. The van der Waals surface area contributed by atoms with Crippen LogP contribution < -0.4 is 0 Å². The van der Waals surface area contributed by atoms with E-state index in [9.17, 15) is 0 Å². The molecular formula is C14H20ClN. The zero-order valence-electron chi connectivity index (χ0n) is 9.90. The normalized spacial score (nSPS) is 20.9. The Morgan fingerprint density at radius 3 is 2.44 bits per heavy atom. The van der Waals surface area contributed by atoms with Crippen molar-refractivity contribution in [3.8, 4) is 0 Å². The SMILES string of the molecule is CC1CCN(C(CCl)c2ccccc2)CC1. The van der Waals surface area contributed by atoms with E-state index in [0.717, 1.165) is 5.92 Å². The minimum Gasteiger partial charge on any atom is -0.295 e. The predicted molar refractivity (Wildman–Crippen MR) is 69.9 cm³/mol. The summed E-state index contributed by atoms with van der Waals surface area (Å²) in [6, 6.07) is 11.0. The van der Waals surface area contributed by atoms with Gasteiger partial charge in [0.15, 0.2) is 0 Å². The third kappa shape index (κ3) is 2.78. The zero-order chi connectivity index (χ0) is 11.4. The van der Waals surface area contributed by atoms with E-state index in [1.165, 1.54) is 31.5 Å². The number of hydrogen-bond acceptors (Lipinski definition) is 1. The number of piperidine rings is 1. The first-order valence-electron chi connectivity index (χ1n) is 6.16. The van der Waals surface area contributed by atoms with Crippen molar-refractivity contribution in [3.63, 3.8) is 0 Å². The van der Waals surface area contributed by atoms with E-state index in [0.29, 0.717) is 11.9 Å². The average molecular weight is 238 g/mol. The molecule has 1 saturated heterocycles. The highest BCUT2D eigenvalue weighted by atomic mass is 35.5. The molecule has 16 heavy (non-hydrogen) atoms. The molecule has 1 aromatic carbocycles. The summed E-state index contributed by atoms with van der Waals surface area (Å²) in [5.41, 5.74) is 1.35. The summed E-state index contributed by atoms with van der Waals surface area (Å²) in [4.78, 5) is 2.53. The molecule has 0 bridgehead atoms. The first-order chi connectivity index (χ1) is 7.81. The van der Waals surface area contributed by atoms with Gasteiger partial charge in [0.2, 0.25) is 0 Å². The highest BCUT2D eigenvalue weighted by Crippen LogP contribution is 2.27. The molecule has 1 aliphatic rings. The topological polar surface area (TPSA) is 3.24 Å². The third-order valence-electron chi connectivity index (χ3n) is 3.59. The molecule has 0 saturated carbocycles. The Bertz CT molecular complexity index is 304. The van der Waals surface area contributed by atoms with Gasteiger partial charge < -0.3 is 0 Å². The Morgan fingerprint density at radius 1 is 1.25 bits per heavy atom. The van der Waals surface area contributed by atoms with Crippen molar-refractivity contribution in [2.75, 3.05) is 19.0 Å². The summed E-state index contributed by atoms with van der Waals surface area (Å²) in [5.74, 6) is 1.57. The van der Waals surface area contributed by atoms with Crippen molar-refractivity contribution in [1.29, 1.82) is 0 Å². The quantitative estimate of drug-likeness (QED) is 0.725. The van der Waals surface area contributed by atoms with Crippen molar-refractivity contribution >= 4 is 11.6 Å². The average Bonchev–Trinajstić information content (AvgIpc) is 2.34. The Balaban J connectivity index is 2.05. The number of hydrogen-bond donors (Lipinski definition) is 0. The molecule has 1 fully saturated rings. The van der Waals surface area contributed by atoms with Gasteiger partial charge in [0, 0.05) is 11.9 Å².